The fourth-order valence-electron chi connectivity index (χ4n) is 2.17. The second kappa shape index (κ2) is 5.68. The van der Waals surface area contributed by atoms with Crippen LogP contribution in [0.1, 0.15) is 11.1 Å². The molecule has 118 valence electrons. The molecule has 23 heavy (non-hydrogen) atoms. The predicted molar refractivity (Wildman–Crippen MR) is 78.3 cm³/mol. The number of rotatable bonds is 2. The van der Waals surface area contributed by atoms with Crippen molar-refractivity contribution in [3.63, 3.8) is 0 Å². The van der Waals surface area contributed by atoms with Crippen LogP contribution in [0, 0.1) is 0 Å². The van der Waals surface area contributed by atoms with Gasteiger partial charge in [-0.15, -0.1) is 0 Å². The van der Waals surface area contributed by atoms with Gasteiger partial charge in [-0.1, -0.05) is 24.3 Å². The van der Waals surface area contributed by atoms with Gasteiger partial charge in [-0.2, -0.15) is 13.2 Å². The SMILES string of the molecule is O=C(Nc1cccc(C(F)(F)F)c1)C1=CNOc2ccccc21. The number of hydrogen-bond donors (Lipinski definition) is 2. The number of fused-ring (bicyclic) bond motifs is 1. The average Bonchev–Trinajstić information content (AvgIpc) is 2.53. The van der Waals surface area contributed by atoms with E-state index < -0.39 is 17.6 Å². The largest absolute Gasteiger partial charge is 0.416 e. The molecule has 0 spiro atoms. The van der Waals surface area contributed by atoms with Crippen molar-refractivity contribution in [1.82, 2.24) is 5.48 Å². The van der Waals surface area contributed by atoms with Gasteiger partial charge in [0.2, 0.25) is 0 Å². The van der Waals surface area contributed by atoms with E-state index >= 15 is 0 Å². The van der Waals surface area contributed by atoms with Gasteiger partial charge in [0.15, 0.2) is 5.75 Å². The monoisotopic (exact) mass is 320 g/mol. The average molecular weight is 320 g/mol. The Bertz CT molecular complexity index is 785. The summed E-state index contributed by atoms with van der Waals surface area (Å²) in [6.45, 7) is 0. The van der Waals surface area contributed by atoms with Gasteiger partial charge in [-0.25, -0.2) is 5.48 Å². The van der Waals surface area contributed by atoms with E-state index in [-0.39, 0.29) is 11.3 Å². The van der Waals surface area contributed by atoms with E-state index in [1.54, 1.807) is 24.3 Å². The first kappa shape index (κ1) is 15.0. The lowest BCUT2D eigenvalue weighted by Crippen LogP contribution is -2.23. The van der Waals surface area contributed by atoms with Gasteiger partial charge in [0.25, 0.3) is 5.91 Å². The minimum absolute atomic E-state index is 0.0645. The zero-order chi connectivity index (χ0) is 16.4. The molecule has 0 fully saturated rings. The van der Waals surface area contributed by atoms with Crippen molar-refractivity contribution < 1.29 is 22.8 Å². The van der Waals surface area contributed by atoms with Gasteiger partial charge < -0.3 is 10.2 Å². The van der Waals surface area contributed by atoms with E-state index in [9.17, 15) is 18.0 Å². The molecule has 0 saturated heterocycles. The molecule has 0 aromatic heterocycles. The number of para-hydroxylation sites is 1. The number of hydroxylamine groups is 1. The lowest BCUT2D eigenvalue weighted by atomic mass is 10.0. The molecule has 0 aliphatic carbocycles. The quantitative estimate of drug-likeness (QED) is 0.889. The van der Waals surface area contributed by atoms with Crippen molar-refractivity contribution in [3.8, 4) is 5.75 Å². The van der Waals surface area contributed by atoms with Gasteiger partial charge in [-0.05, 0) is 24.3 Å². The molecule has 1 aliphatic heterocycles. The van der Waals surface area contributed by atoms with Crippen molar-refractivity contribution in [2.75, 3.05) is 5.32 Å². The number of carbonyl (C=O) groups excluding carboxylic acids is 1. The molecule has 2 N–H and O–H groups in total. The first-order chi connectivity index (χ1) is 10.9. The molecule has 0 saturated carbocycles. The number of halogens is 3. The molecule has 0 unspecified atom stereocenters. The fourth-order valence-corrected chi connectivity index (χ4v) is 2.17. The summed E-state index contributed by atoms with van der Waals surface area (Å²) >= 11 is 0. The van der Waals surface area contributed by atoms with Crippen molar-refractivity contribution in [2.24, 2.45) is 0 Å². The van der Waals surface area contributed by atoms with Crippen LogP contribution in [0.4, 0.5) is 18.9 Å². The van der Waals surface area contributed by atoms with E-state index in [2.05, 4.69) is 10.8 Å². The molecule has 0 radical (unpaired) electrons. The fraction of sp³-hybridized carbons (Fsp3) is 0.0625. The van der Waals surface area contributed by atoms with Crippen LogP contribution in [-0.2, 0) is 11.0 Å². The van der Waals surface area contributed by atoms with Crippen molar-refractivity contribution in [3.05, 3.63) is 65.9 Å². The second-order valence-corrected chi connectivity index (χ2v) is 4.81. The Morgan fingerprint density at radius 2 is 1.87 bits per heavy atom. The second-order valence-electron chi connectivity index (χ2n) is 4.81. The lowest BCUT2D eigenvalue weighted by molar-refractivity contribution is -0.137. The molecule has 4 nitrogen and oxygen atoms in total. The summed E-state index contributed by atoms with van der Waals surface area (Å²) in [5, 5.41) is 2.46. The Balaban J connectivity index is 1.84. The highest BCUT2D eigenvalue weighted by Crippen LogP contribution is 2.32. The molecule has 3 rings (SSSR count). The first-order valence-corrected chi connectivity index (χ1v) is 6.66. The molecule has 7 heteroatoms. The number of anilines is 1. The highest BCUT2D eigenvalue weighted by molar-refractivity contribution is 6.26. The highest BCUT2D eigenvalue weighted by Gasteiger charge is 2.30. The molecule has 0 atom stereocenters. The Morgan fingerprint density at radius 3 is 2.65 bits per heavy atom. The summed E-state index contributed by atoms with van der Waals surface area (Å²) in [6, 6.07) is 11.3. The van der Waals surface area contributed by atoms with E-state index in [1.807, 2.05) is 0 Å². The maximum absolute atomic E-state index is 12.7. The van der Waals surface area contributed by atoms with Gasteiger partial charge in [0.1, 0.15) is 0 Å². The maximum atomic E-state index is 12.7. The normalized spacial score (nSPS) is 13.3. The third-order valence-electron chi connectivity index (χ3n) is 3.24. The Morgan fingerprint density at radius 1 is 1.09 bits per heavy atom. The molecule has 2 aromatic rings. The van der Waals surface area contributed by atoms with E-state index in [0.717, 1.165) is 12.1 Å². The molecule has 0 bridgehead atoms. The Kier molecular flexibility index (Phi) is 3.69. The number of carbonyl (C=O) groups is 1. The first-order valence-electron chi connectivity index (χ1n) is 6.66. The molecular weight excluding hydrogens is 309 g/mol. The number of benzene rings is 2. The number of hydrogen-bond acceptors (Lipinski definition) is 3. The third-order valence-corrected chi connectivity index (χ3v) is 3.24. The topological polar surface area (TPSA) is 50.4 Å². The number of nitrogens with one attached hydrogen (secondary N) is 2. The zero-order valence-corrected chi connectivity index (χ0v) is 11.6. The van der Waals surface area contributed by atoms with Gasteiger partial charge in [0, 0.05) is 17.5 Å². The summed E-state index contributed by atoms with van der Waals surface area (Å²) in [7, 11) is 0. The summed E-state index contributed by atoms with van der Waals surface area (Å²) in [5.41, 5.74) is 2.55. The summed E-state index contributed by atoms with van der Waals surface area (Å²) < 4.78 is 38.1. The summed E-state index contributed by atoms with van der Waals surface area (Å²) in [5.74, 6) is -0.0724. The van der Waals surface area contributed by atoms with Crippen molar-refractivity contribution >= 4 is 17.2 Å². The van der Waals surface area contributed by atoms with Crippen LogP contribution in [-0.4, -0.2) is 5.91 Å². The van der Waals surface area contributed by atoms with E-state index in [1.165, 1.54) is 18.3 Å². The van der Waals surface area contributed by atoms with E-state index in [0.29, 0.717) is 11.3 Å². The zero-order valence-electron chi connectivity index (χ0n) is 11.6. The van der Waals surface area contributed by atoms with Crippen molar-refractivity contribution in [1.29, 1.82) is 0 Å². The van der Waals surface area contributed by atoms with Crippen LogP contribution in [0.3, 0.4) is 0 Å². The predicted octanol–water partition coefficient (Wildman–Crippen LogP) is 3.58. The van der Waals surface area contributed by atoms with E-state index in [4.69, 9.17) is 4.84 Å². The van der Waals surface area contributed by atoms with Crippen LogP contribution in [0.2, 0.25) is 0 Å². The van der Waals surface area contributed by atoms with Crippen LogP contribution >= 0.6 is 0 Å². The molecular formula is C16H11F3N2O2. The Hall–Kier alpha value is -2.96. The smallest absolute Gasteiger partial charge is 0.382 e. The summed E-state index contributed by atoms with van der Waals surface area (Å²) in [4.78, 5) is 17.5. The van der Waals surface area contributed by atoms with Crippen LogP contribution in [0.25, 0.3) is 5.57 Å². The summed E-state index contributed by atoms with van der Waals surface area (Å²) in [6.07, 6.45) is -3.11. The van der Waals surface area contributed by atoms with Crippen LogP contribution in [0.5, 0.6) is 5.75 Å². The standard InChI is InChI=1S/C16H11F3N2O2/c17-16(18,19)10-4-3-5-11(8-10)21-15(22)13-9-20-23-14-7-2-1-6-12(13)14/h1-9,20H,(H,21,22). The van der Waals surface area contributed by atoms with Gasteiger partial charge in [0.05, 0.1) is 11.1 Å². The third kappa shape index (κ3) is 3.13. The minimum atomic E-state index is -4.47. The number of alkyl halides is 3. The molecule has 1 aliphatic rings. The van der Waals surface area contributed by atoms with Gasteiger partial charge in [-0.3, -0.25) is 4.79 Å². The van der Waals surface area contributed by atoms with Crippen LogP contribution in [0.15, 0.2) is 54.7 Å². The minimum Gasteiger partial charge on any atom is -0.382 e. The van der Waals surface area contributed by atoms with Crippen molar-refractivity contribution in [2.45, 2.75) is 6.18 Å². The molecule has 1 amide bonds. The lowest BCUT2D eigenvalue weighted by Gasteiger charge is -2.18. The number of amides is 1. The van der Waals surface area contributed by atoms with Crippen LogP contribution < -0.4 is 15.6 Å². The maximum Gasteiger partial charge on any atom is 0.416 e. The molecule has 2 aromatic carbocycles. The van der Waals surface area contributed by atoms with Gasteiger partial charge >= 0.3 is 6.18 Å². The molecule has 1 heterocycles. The highest BCUT2D eigenvalue weighted by atomic mass is 19.4. The Labute approximate surface area is 129 Å².